The standard InChI is InChI=1S/C13H17N/c1-9-5-7-10(8-6-9)13(14)11-3-2-4-12(11)13/h5-8,11-12H,2-4,14H2,1H3. The van der Waals surface area contributed by atoms with Crippen molar-refractivity contribution in [2.24, 2.45) is 17.6 Å². The fraction of sp³-hybridized carbons (Fsp3) is 0.538. The van der Waals surface area contributed by atoms with Crippen LogP contribution in [0.25, 0.3) is 0 Å². The zero-order valence-electron chi connectivity index (χ0n) is 8.66. The highest BCUT2D eigenvalue weighted by Crippen LogP contribution is 2.64. The molecule has 0 aromatic heterocycles. The first-order chi connectivity index (χ1) is 6.73. The molecule has 2 N–H and O–H groups in total. The lowest BCUT2D eigenvalue weighted by molar-refractivity contribution is 0.526. The zero-order chi connectivity index (χ0) is 9.76. The smallest absolute Gasteiger partial charge is 0.0473 e. The van der Waals surface area contributed by atoms with Crippen LogP contribution in [-0.2, 0) is 5.54 Å². The topological polar surface area (TPSA) is 26.0 Å². The van der Waals surface area contributed by atoms with Crippen molar-refractivity contribution in [2.45, 2.75) is 31.7 Å². The predicted octanol–water partition coefficient (Wildman–Crippen LogP) is 2.58. The molecule has 2 aliphatic carbocycles. The molecule has 3 rings (SSSR count). The Hall–Kier alpha value is -0.820. The first kappa shape index (κ1) is 8.49. The van der Waals surface area contributed by atoms with Crippen LogP contribution in [0, 0.1) is 18.8 Å². The highest BCUT2D eigenvalue weighted by molar-refractivity contribution is 5.37. The highest BCUT2D eigenvalue weighted by Gasteiger charge is 2.64. The van der Waals surface area contributed by atoms with Gasteiger partial charge in [-0.05, 0) is 37.2 Å². The minimum atomic E-state index is 0.0476. The maximum Gasteiger partial charge on any atom is 0.0473 e. The molecule has 14 heavy (non-hydrogen) atoms. The Balaban J connectivity index is 1.93. The van der Waals surface area contributed by atoms with E-state index in [-0.39, 0.29) is 5.54 Å². The Morgan fingerprint density at radius 3 is 2.29 bits per heavy atom. The van der Waals surface area contributed by atoms with Crippen LogP contribution in [0.2, 0.25) is 0 Å². The summed E-state index contributed by atoms with van der Waals surface area (Å²) in [6.45, 7) is 2.13. The van der Waals surface area contributed by atoms with Crippen LogP contribution in [0.1, 0.15) is 30.4 Å². The van der Waals surface area contributed by atoms with E-state index in [1.54, 1.807) is 0 Å². The Labute approximate surface area is 85.3 Å². The first-order valence-electron chi connectivity index (χ1n) is 5.59. The lowest BCUT2D eigenvalue weighted by Gasteiger charge is -2.15. The molecule has 2 unspecified atom stereocenters. The summed E-state index contributed by atoms with van der Waals surface area (Å²) in [4.78, 5) is 0. The van der Waals surface area contributed by atoms with E-state index in [9.17, 15) is 0 Å². The molecule has 0 spiro atoms. The van der Waals surface area contributed by atoms with Crippen molar-refractivity contribution in [1.29, 1.82) is 0 Å². The molecule has 0 heterocycles. The Bertz CT molecular complexity index is 342. The van der Waals surface area contributed by atoms with Gasteiger partial charge in [0.25, 0.3) is 0 Å². The summed E-state index contributed by atoms with van der Waals surface area (Å²) < 4.78 is 0. The molecule has 2 fully saturated rings. The van der Waals surface area contributed by atoms with Crippen molar-refractivity contribution < 1.29 is 0 Å². The molecule has 1 nitrogen and oxygen atoms in total. The molecule has 1 aromatic rings. The number of benzene rings is 1. The van der Waals surface area contributed by atoms with Gasteiger partial charge in [-0.1, -0.05) is 36.2 Å². The summed E-state index contributed by atoms with van der Waals surface area (Å²) in [7, 11) is 0. The molecule has 0 amide bonds. The average molecular weight is 187 g/mol. The summed E-state index contributed by atoms with van der Waals surface area (Å²) in [6.07, 6.45) is 4.07. The van der Waals surface area contributed by atoms with Crippen LogP contribution < -0.4 is 5.73 Å². The van der Waals surface area contributed by atoms with E-state index in [1.807, 2.05) is 0 Å². The van der Waals surface area contributed by atoms with Crippen LogP contribution in [0.3, 0.4) is 0 Å². The monoisotopic (exact) mass is 187 g/mol. The van der Waals surface area contributed by atoms with E-state index in [0.29, 0.717) is 0 Å². The van der Waals surface area contributed by atoms with Crippen LogP contribution in [0.4, 0.5) is 0 Å². The van der Waals surface area contributed by atoms with Crippen molar-refractivity contribution in [1.82, 2.24) is 0 Å². The summed E-state index contributed by atoms with van der Waals surface area (Å²) >= 11 is 0. The third-order valence-electron chi connectivity index (χ3n) is 4.19. The van der Waals surface area contributed by atoms with E-state index >= 15 is 0 Å². The summed E-state index contributed by atoms with van der Waals surface area (Å²) in [5, 5.41) is 0. The molecule has 1 aromatic carbocycles. The number of nitrogens with two attached hydrogens (primary N) is 1. The summed E-state index contributed by atoms with van der Waals surface area (Å²) in [6, 6.07) is 8.79. The van der Waals surface area contributed by atoms with Crippen molar-refractivity contribution >= 4 is 0 Å². The quantitative estimate of drug-likeness (QED) is 0.718. The lowest BCUT2D eigenvalue weighted by Crippen LogP contribution is -2.25. The molecule has 74 valence electrons. The first-order valence-corrected chi connectivity index (χ1v) is 5.59. The van der Waals surface area contributed by atoms with E-state index in [0.717, 1.165) is 11.8 Å². The SMILES string of the molecule is Cc1ccc(C2(N)C3CCCC32)cc1. The van der Waals surface area contributed by atoms with E-state index < -0.39 is 0 Å². The van der Waals surface area contributed by atoms with Gasteiger partial charge in [-0.2, -0.15) is 0 Å². The normalized spacial score (nSPS) is 39.6. The predicted molar refractivity (Wildman–Crippen MR) is 57.9 cm³/mol. The van der Waals surface area contributed by atoms with Crippen LogP contribution in [0.5, 0.6) is 0 Å². The number of fused-ring (bicyclic) bond motifs is 1. The highest BCUT2D eigenvalue weighted by atomic mass is 14.9. The number of rotatable bonds is 1. The molecule has 0 saturated heterocycles. The fourth-order valence-corrected chi connectivity index (χ4v) is 3.27. The van der Waals surface area contributed by atoms with Gasteiger partial charge in [-0.25, -0.2) is 0 Å². The molecule has 2 aliphatic rings. The Morgan fingerprint density at radius 2 is 1.71 bits per heavy atom. The van der Waals surface area contributed by atoms with Gasteiger partial charge in [0.05, 0.1) is 0 Å². The second-order valence-corrected chi connectivity index (χ2v) is 4.94. The lowest BCUT2D eigenvalue weighted by atomic mass is 9.96. The molecule has 0 radical (unpaired) electrons. The summed E-state index contributed by atoms with van der Waals surface area (Å²) in [5.41, 5.74) is 9.20. The Kier molecular flexibility index (Phi) is 1.58. The molecule has 2 saturated carbocycles. The molecule has 1 heteroatoms. The van der Waals surface area contributed by atoms with Crippen molar-refractivity contribution in [3.8, 4) is 0 Å². The second-order valence-electron chi connectivity index (χ2n) is 4.94. The van der Waals surface area contributed by atoms with Gasteiger partial charge in [0.15, 0.2) is 0 Å². The van der Waals surface area contributed by atoms with E-state index in [1.165, 1.54) is 30.4 Å². The molecular formula is C13H17N. The van der Waals surface area contributed by atoms with Gasteiger partial charge in [0.2, 0.25) is 0 Å². The number of aryl methyl sites for hydroxylation is 1. The largest absolute Gasteiger partial charge is 0.321 e. The Morgan fingerprint density at radius 1 is 1.14 bits per heavy atom. The molecule has 0 bridgehead atoms. The average Bonchev–Trinajstić information content (AvgIpc) is 2.63. The van der Waals surface area contributed by atoms with Gasteiger partial charge in [0.1, 0.15) is 0 Å². The van der Waals surface area contributed by atoms with Crippen molar-refractivity contribution in [2.75, 3.05) is 0 Å². The second kappa shape index (κ2) is 2.60. The maximum atomic E-state index is 6.47. The van der Waals surface area contributed by atoms with Gasteiger partial charge >= 0.3 is 0 Å². The third kappa shape index (κ3) is 0.936. The molecule has 2 atom stereocenters. The summed E-state index contributed by atoms with van der Waals surface area (Å²) in [5.74, 6) is 1.57. The fourth-order valence-electron chi connectivity index (χ4n) is 3.27. The van der Waals surface area contributed by atoms with Gasteiger partial charge in [0, 0.05) is 5.54 Å². The van der Waals surface area contributed by atoms with Gasteiger partial charge in [-0.3, -0.25) is 0 Å². The van der Waals surface area contributed by atoms with Gasteiger partial charge < -0.3 is 5.73 Å². The van der Waals surface area contributed by atoms with Crippen LogP contribution in [-0.4, -0.2) is 0 Å². The van der Waals surface area contributed by atoms with Crippen molar-refractivity contribution in [3.05, 3.63) is 35.4 Å². The zero-order valence-corrected chi connectivity index (χ0v) is 8.66. The van der Waals surface area contributed by atoms with Gasteiger partial charge in [-0.15, -0.1) is 0 Å². The third-order valence-corrected chi connectivity index (χ3v) is 4.19. The molecular weight excluding hydrogens is 170 g/mol. The minimum absolute atomic E-state index is 0.0476. The van der Waals surface area contributed by atoms with E-state index in [2.05, 4.69) is 31.2 Å². The van der Waals surface area contributed by atoms with Crippen LogP contribution >= 0.6 is 0 Å². The minimum Gasteiger partial charge on any atom is -0.321 e. The van der Waals surface area contributed by atoms with Crippen LogP contribution in [0.15, 0.2) is 24.3 Å². The maximum absolute atomic E-state index is 6.47. The van der Waals surface area contributed by atoms with Crippen molar-refractivity contribution in [3.63, 3.8) is 0 Å². The molecule has 0 aliphatic heterocycles. The number of hydrogen-bond donors (Lipinski definition) is 1. The number of hydrogen-bond acceptors (Lipinski definition) is 1. The van der Waals surface area contributed by atoms with E-state index in [4.69, 9.17) is 5.73 Å².